The predicted octanol–water partition coefficient (Wildman–Crippen LogP) is 4.17. The molecule has 1 aromatic heterocycles. The molecule has 1 unspecified atom stereocenters. The summed E-state index contributed by atoms with van der Waals surface area (Å²) in [6, 6.07) is 2.03. The van der Waals surface area contributed by atoms with E-state index in [4.69, 9.17) is 4.42 Å². The number of aryl methyl sites for hydroxylation is 1. The number of thiol groups is 1. The molecule has 0 saturated heterocycles. The van der Waals surface area contributed by atoms with Crippen molar-refractivity contribution in [1.82, 2.24) is 0 Å². The van der Waals surface area contributed by atoms with Crippen molar-refractivity contribution in [3.63, 3.8) is 0 Å². The quantitative estimate of drug-likeness (QED) is 0.723. The Morgan fingerprint density at radius 3 is 2.87 bits per heavy atom. The Labute approximate surface area is 102 Å². The highest BCUT2D eigenvalue weighted by Crippen LogP contribution is 2.21. The van der Waals surface area contributed by atoms with Crippen LogP contribution in [0.4, 0.5) is 0 Å². The third kappa shape index (κ3) is 4.56. The normalized spacial score (nSPS) is 13.0. The van der Waals surface area contributed by atoms with Crippen LogP contribution >= 0.6 is 24.4 Å². The largest absolute Gasteiger partial charge is 0.468 e. The molecular weight excluding hydrogens is 224 g/mol. The molecule has 0 aliphatic rings. The van der Waals surface area contributed by atoms with Gasteiger partial charge in [-0.2, -0.15) is 24.4 Å². The van der Waals surface area contributed by atoms with Crippen molar-refractivity contribution in [2.45, 2.75) is 32.4 Å². The van der Waals surface area contributed by atoms with E-state index in [1.54, 1.807) is 6.26 Å². The minimum Gasteiger partial charge on any atom is -0.468 e. The SMILES string of the molecule is CCCC(CS)CSCc1occc1C. The summed E-state index contributed by atoms with van der Waals surface area (Å²) in [7, 11) is 0. The van der Waals surface area contributed by atoms with Gasteiger partial charge in [-0.15, -0.1) is 0 Å². The molecule has 1 aromatic rings. The van der Waals surface area contributed by atoms with Crippen LogP contribution in [0.2, 0.25) is 0 Å². The Kier molecular flexibility index (Phi) is 6.34. The second-order valence-electron chi connectivity index (χ2n) is 3.88. The van der Waals surface area contributed by atoms with Crippen LogP contribution < -0.4 is 0 Å². The molecular formula is C12H20OS2. The molecule has 1 atom stereocenters. The molecule has 0 aliphatic carbocycles. The maximum Gasteiger partial charge on any atom is 0.116 e. The molecule has 86 valence electrons. The van der Waals surface area contributed by atoms with E-state index in [2.05, 4.69) is 26.5 Å². The molecule has 0 amide bonds. The molecule has 3 heteroatoms. The molecule has 0 radical (unpaired) electrons. The maximum absolute atomic E-state index is 5.40. The lowest BCUT2D eigenvalue weighted by molar-refractivity contribution is 0.527. The zero-order valence-electron chi connectivity index (χ0n) is 9.53. The highest BCUT2D eigenvalue weighted by atomic mass is 32.2. The monoisotopic (exact) mass is 244 g/mol. The van der Waals surface area contributed by atoms with E-state index < -0.39 is 0 Å². The van der Waals surface area contributed by atoms with Crippen LogP contribution in [0.15, 0.2) is 16.7 Å². The van der Waals surface area contributed by atoms with Gasteiger partial charge in [0.1, 0.15) is 5.76 Å². The first-order valence-corrected chi connectivity index (χ1v) is 7.28. The first-order valence-electron chi connectivity index (χ1n) is 5.49. The van der Waals surface area contributed by atoms with Gasteiger partial charge in [-0.25, -0.2) is 0 Å². The van der Waals surface area contributed by atoms with Gasteiger partial charge < -0.3 is 4.42 Å². The van der Waals surface area contributed by atoms with E-state index in [0.717, 1.165) is 23.2 Å². The Hall–Kier alpha value is -0.0200. The van der Waals surface area contributed by atoms with E-state index in [1.165, 1.54) is 24.2 Å². The smallest absolute Gasteiger partial charge is 0.116 e. The number of hydrogen-bond donors (Lipinski definition) is 1. The third-order valence-corrected chi connectivity index (χ3v) is 4.20. The van der Waals surface area contributed by atoms with Gasteiger partial charge in [0.05, 0.1) is 12.0 Å². The lowest BCUT2D eigenvalue weighted by atomic mass is 10.1. The van der Waals surface area contributed by atoms with Crippen molar-refractivity contribution in [2.75, 3.05) is 11.5 Å². The first-order chi connectivity index (χ1) is 7.27. The summed E-state index contributed by atoms with van der Waals surface area (Å²) >= 11 is 6.34. The van der Waals surface area contributed by atoms with E-state index in [0.29, 0.717) is 0 Å². The van der Waals surface area contributed by atoms with Crippen LogP contribution in [-0.2, 0) is 5.75 Å². The van der Waals surface area contributed by atoms with Crippen molar-refractivity contribution in [3.05, 3.63) is 23.7 Å². The van der Waals surface area contributed by atoms with Gasteiger partial charge in [0.2, 0.25) is 0 Å². The van der Waals surface area contributed by atoms with Gasteiger partial charge in [-0.1, -0.05) is 13.3 Å². The molecule has 0 saturated carbocycles. The molecule has 0 bridgehead atoms. The maximum atomic E-state index is 5.40. The Bertz CT molecular complexity index is 270. The van der Waals surface area contributed by atoms with Crippen LogP contribution in [0.25, 0.3) is 0 Å². The van der Waals surface area contributed by atoms with E-state index in [9.17, 15) is 0 Å². The van der Waals surface area contributed by atoms with Crippen LogP contribution in [-0.4, -0.2) is 11.5 Å². The van der Waals surface area contributed by atoms with Crippen LogP contribution in [0.3, 0.4) is 0 Å². The molecule has 1 heterocycles. The second kappa shape index (κ2) is 7.29. The summed E-state index contributed by atoms with van der Waals surface area (Å²) in [6.45, 7) is 4.33. The predicted molar refractivity (Wildman–Crippen MR) is 71.9 cm³/mol. The van der Waals surface area contributed by atoms with Crippen molar-refractivity contribution < 1.29 is 4.42 Å². The second-order valence-corrected chi connectivity index (χ2v) is 5.27. The molecule has 1 nitrogen and oxygen atoms in total. The Balaban J connectivity index is 2.23. The van der Waals surface area contributed by atoms with E-state index in [-0.39, 0.29) is 0 Å². The standard InChI is InChI=1S/C12H20OS2/c1-3-4-11(7-14)8-15-9-12-10(2)5-6-13-12/h5-6,11,14H,3-4,7-9H2,1-2H3. The van der Waals surface area contributed by atoms with Gasteiger partial charge >= 0.3 is 0 Å². The van der Waals surface area contributed by atoms with Gasteiger partial charge in [-0.05, 0) is 42.4 Å². The van der Waals surface area contributed by atoms with Gasteiger partial charge in [0.25, 0.3) is 0 Å². The topological polar surface area (TPSA) is 13.1 Å². The van der Waals surface area contributed by atoms with Gasteiger partial charge in [0.15, 0.2) is 0 Å². The minimum absolute atomic E-state index is 0.749. The minimum atomic E-state index is 0.749. The van der Waals surface area contributed by atoms with E-state index >= 15 is 0 Å². The summed E-state index contributed by atoms with van der Waals surface area (Å²) in [6.07, 6.45) is 4.31. The molecule has 0 aromatic carbocycles. The Morgan fingerprint density at radius 1 is 1.53 bits per heavy atom. The van der Waals surface area contributed by atoms with Crippen LogP contribution in [0, 0.1) is 12.8 Å². The fourth-order valence-electron chi connectivity index (χ4n) is 1.51. The molecule has 15 heavy (non-hydrogen) atoms. The van der Waals surface area contributed by atoms with Crippen LogP contribution in [0.5, 0.6) is 0 Å². The average molecular weight is 244 g/mol. The fourth-order valence-corrected chi connectivity index (χ4v) is 3.21. The van der Waals surface area contributed by atoms with Crippen molar-refractivity contribution in [1.29, 1.82) is 0 Å². The summed E-state index contributed by atoms with van der Waals surface area (Å²) in [5, 5.41) is 0. The summed E-state index contributed by atoms with van der Waals surface area (Å²) in [5.41, 5.74) is 1.26. The molecule has 0 fully saturated rings. The van der Waals surface area contributed by atoms with Crippen molar-refractivity contribution in [2.24, 2.45) is 5.92 Å². The number of rotatable bonds is 7. The third-order valence-electron chi connectivity index (χ3n) is 2.51. The number of furan rings is 1. The van der Waals surface area contributed by atoms with Gasteiger partial charge in [0, 0.05) is 0 Å². The fraction of sp³-hybridized carbons (Fsp3) is 0.667. The highest BCUT2D eigenvalue weighted by Gasteiger charge is 2.07. The average Bonchev–Trinajstić information content (AvgIpc) is 2.63. The lowest BCUT2D eigenvalue weighted by Crippen LogP contribution is -2.05. The van der Waals surface area contributed by atoms with Crippen molar-refractivity contribution in [3.8, 4) is 0 Å². The highest BCUT2D eigenvalue weighted by molar-refractivity contribution is 7.98. The molecule has 0 spiro atoms. The van der Waals surface area contributed by atoms with Gasteiger partial charge in [-0.3, -0.25) is 0 Å². The van der Waals surface area contributed by atoms with Crippen LogP contribution in [0.1, 0.15) is 31.1 Å². The summed E-state index contributed by atoms with van der Waals surface area (Å²) in [5.74, 6) is 5.05. The zero-order chi connectivity index (χ0) is 11.1. The first kappa shape index (κ1) is 13.0. The Morgan fingerprint density at radius 2 is 2.33 bits per heavy atom. The molecule has 0 N–H and O–H groups in total. The zero-order valence-corrected chi connectivity index (χ0v) is 11.2. The lowest BCUT2D eigenvalue weighted by Gasteiger charge is -2.11. The summed E-state index contributed by atoms with van der Waals surface area (Å²) in [4.78, 5) is 0. The number of thioether (sulfide) groups is 1. The molecule has 0 aliphatic heterocycles. The number of hydrogen-bond acceptors (Lipinski definition) is 3. The molecule has 1 rings (SSSR count). The summed E-state index contributed by atoms with van der Waals surface area (Å²) < 4.78 is 5.40. The van der Waals surface area contributed by atoms with E-state index in [1.807, 2.05) is 17.8 Å². The van der Waals surface area contributed by atoms with Crippen molar-refractivity contribution >= 4 is 24.4 Å².